The Kier molecular flexibility index (Phi) is 3.28. The minimum Gasteiger partial charge on any atom is -0.334 e. The minimum absolute atomic E-state index is 0.214. The van der Waals surface area contributed by atoms with E-state index in [-0.39, 0.29) is 5.91 Å². The summed E-state index contributed by atoms with van der Waals surface area (Å²) in [5.41, 5.74) is 4.92. The summed E-state index contributed by atoms with van der Waals surface area (Å²) in [6.07, 6.45) is 3.06. The Labute approximate surface area is 122 Å². The van der Waals surface area contributed by atoms with Crippen molar-refractivity contribution >= 4 is 22.6 Å². The monoisotopic (exact) mass is 277 g/mol. The highest BCUT2D eigenvalue weighted by atomic mass is 16.1. The van der Waals surface area contributed by atoms with Gasteiger partial charge in [-0.15, -0.1) is 0 Å². The van der Waals surface area contributed by atoms with Crippen molar-refractivity contribution in [3.05, 3.63) is 61.4 Å². The van der Waals surface area contributed by atoms with Gasteiger partial charge in [-0.1, -0.05) is 24.8 Å². The zero-order chi connectivity index (χ0) is 14.8. The maximum atomic E-state index is 11.4. The number of nitrogens with one attached hydrogen (secondary N) is 1. The van der Waals surface area contributed by atoms with Crippen molar-refractivity contribution in [2.75, 3.05) is 5.32 Å². The first kappa shape index (κ1) is 13.1. The average Bonchev–Trinajstić information content (AvgIpc) is 2.88. The highest BCUT2D eigenvalue weighted by Crippen LogP contribution is 2.25. The lowest BCUT2D eigenvalue weighted by atomic mass is 10.0. The van der Waals surface area contributed by atoms with Crippen LogP contribution in [0, 0.1) is 0 Å². The number of nitrogens with zero attached hydrogens (tertiary/aromatic N) is 2. The molecule has 0 radical (unpaired) electrons. The number of aromatic nitrogens is 2. The molecular weight excluding hydrogens is 262 g/mol. The van der Waals surface area contributed by atoms with Gasteiger partial charge in [-0.25, -0.2) is 4.98 Å². The predicted octanol–water partition coefficient (Wildman–Crippen LogP) is 3.36. The molecule has 1 aromatic heterocycles. The van der Waals surface area contributed by atoms with E-state index in [0.29, 0.717) is 0 Å². The lowest BCUT2D eigenvalue weighted by molar-refractivity contribution is -0.111. The van der Waals surface area contributed by atoms with Crippen LogP contribution in [0.15, 0.2) is 61.4 Å². The third-order valence-electron chi connectivity index (χ3n) is 3.37. The molecule has 0 aliphatic rings. The van der Waals surface area contributed by atoms with E-state index >= 15 is 0 Å². The average molecular weight is 277 g/mol. The van der Waals surface area contributed by atoms with Gasteiger partial charge in [0.15, 0.2) is 0 Å². The number of carbonyl (C=O) groups excluding carboxylic acids is 1. The number of amides is 1. The normalized spacial score (nSPS) is 10.5. The molecule has 0 fully saturated rings. The molecule has 0 aliphatic heterocycles. The summed E-state index contributed by atoms with van der Waals surface area (Å²) >= 11 is 0. The molecule has 4 heteroatoms. The number of rotatable bonds is 3. The summed E-state index contributed by atoms with van der Waals surface area (Å²) in [5, 5.41) is 2.77. The van der Waals surface area contributed by atoms with Crippen molar-refractivity contribution in [1.29, 1.82) is 0 Å². The van der Waals surface area contributed by atoms with Crippen LogP contribution in [-0.2, 0) is 11.8 Å². The molecule has 3 rings (SSSR count). The number of anilines is 1. The van der Waals surface area contributed by atoms with E-state index in [0.717, 1.165) is 27.8 Å². The zero-order valence-electron chi connectivity index (χ0n) is 11.7. The Morgan fingerprint density at radius 1 is 1.24 bits per heavy atom. The Hall–Kier alpha value is -2.88. The molecule has 4 nitrogen and oxygen atoms in total. The Morgan fingerprint density at radius 3 is 2.86 bits per heavy atom. The van der Waals surface area contributed by atoms with Gasteiger partial charge < -0.3 is 9.88 Å². The van der Waals surface area contributed by atoms with Gasteiger partial charge in [-0.2, -0.15) is 0 Å². The topological polar surface area (TPSA) is 46.9 Å². The van der Waals surface area contributed by atoms with Crippen molar-refractivity contribution in [2.45, 2.75) is 0 Å². The van der Waals surface area contributed by atoms with Crippen LogP contribution in [-0.4, -0.2) is 15.5 Å². The van der Waals surface area contributed by atoms with Crippen LogP contribution in [0.5, 0.6) is 0 Å². The number of benzene rings is 2. The molecule has 0 spiro atoms. The third-order valence-corrected chi connectivity index (χ3v) is 3.37. The molecule has 0 unspecified atom stereocenters. The first-order valence-corrected chi connectivity index (χ1v) is 6.62. The van der Waals surface area contributed by atoms with Crippen molar-refractivity contribution < 1.29 is 4.79 Å². The SMILES string of the molecule is C=CC(=O)Nc1cccc(-c2ccc3ncn(C)c3c2)c1. The molecule has 3 aromatic rings. The van der Waals surface area contributed by atoms with Crippen LogP contribution >= 0.6 is 0 Å². The Morgan fingerprint density at radius 2 is 2.05 bits per heavy atom. The second-order valence-electron chi connectivity index (χ2n) is 4.83. The summed E-state index contributed by atoms with van der Waals surface area (Å²) in [6, 6.07) is 13.9. The lowest BCUT2D eigenvalue weighted by Gasteiger charge is -2.07. The summed E-state index contributed by atoms with van der Waals surface area (Å²) < 4.78 is 1.99. The van der Waals surface area contributed by atoms with Crippen molar-refractivity contribution in [1.82, 2.24) is 9.55 Å². The van der Waals surface area contributed by atoms with Gasteiger partial charge in [-0.05, 0) is 41.5 Å². The highest BCUT2D eigenvalue weighted by molar-refractivity contribution is 5.99. The fourth-order valence-corrected chi connectivity index (χ4v) is 2.28. The van der Waals surface area contributed by atoms with Crippen LogP contribution in [0.25, 0.3) is 22.2 Å². The van der Waals surface area contributed by atoms with Gasteiger partial charge in [0.2, 0.25) is 5.91 Å². The quantitative estimate of drug-likeness (QED) is 0.746. The van der Waals surface area contributed by atoms with Crippen molar-refractivity contribution in [2.24, 2.45) is 7.05 Å². The number of fused-ring (bicyclic) bond motifs is 1. The van der Waals surface area contributed by atoms with Gasteiger partial charge in [0.1, 0.15) is 0 Å². The summed E-state index contributed by atoms with van der Waals surface area (Å²) in [4.78, 5) is 15.7. The van der Waals surface area contributed by atoms with Crippen LogP contribution in [0.3, 0.4) is 0 Å². The smallest absolute Gasteiger partial charge is 0.247 e. The molecule has 0 bridgehead atoms. The Balaban J connectivity index is 2.01. The molecule has 0 aliphatic carbocycles. The molecule has 1 N–H and O–H groups in total. The van der Waals surface area contributed by atoms with Gasteiger partial charge in [0.25, 0.3) is 0 Å². The van der Waals surface area contributed by atoms with Crippen LogP contribution in [0.2, 0.25) is 0 Å². The van der Waals surface area contributed by atoms with E-state index in [9.17, 15) is 4.79 Å². The standard InChI is InChI=1S/C17H15N3O/c1-3-17(21)19-14-6-4-5-12(9-14)13-7-8-15-16(10-13)20(2)11-18-15/h3-11H,1H2,2H3,(H,19,21). The van der Waals surface area contributed by atoms with E-state index in [2.05, 4.69) is 22.9 Å². The summed E-state index contributed by atoms with van der Waals surface area (Å²) in [5.74, 6) is -0.214. The van der Waals surface area contributed by atoms with Crippen LogP contribution in [0.1, 0.15) is 0 Å². The molecule has 0 atom stereocenters. The number of hydrogen-bond donors (Lipinski definition) is 1. The highest BCUT2D eigenvalue weighted by Gasteiger charge is 2.05. The molecule has 21 heavy (non-hydrogen) atoms. The van der Waals surface area contributed by atoms with Crippen LogP contribution < -0.4 is 5.32 Å². The zero-order valence-corrected chi connectivity index (χ0v) is 11.7. The van der Waals surface area contributed by atoms with E-state index in [4.69, 9.17) is 0 Å². The molecule has 1 heterocycles. The molecule has 0 saturated carbocycles. The third kappa shape index (κ3) is 2.56. The van der Waals surface area contributed by atoms with E-state index < -0.39 is 0 Å². The number of carbonyl (C=O) groups is 1. The molecular formula is C17H15N3O. The van der Waals surface area contributed by atoms with Gasteiger partial charge >= 0.3 is 0 Å². The second-order valence-corrected chi connectivity index (χ2v) is 4.83. The molecule has 104 valence electrons. The lowest BCUT2D eigenvalue weighted by Crippen LogP contribution is -2.06. The van der Waals surface area contributed by atoms with Crippen molar-refractivity contribution in [3.8, 4) is 11.1 Å². The van der Waals surface area contributed by atoms with Gasteiger partial charge in [0.05, 0.1) is 17.4 Å². The maximum absolute atomic E-state index is 11.4. The number of hydrogen-bond acceptors (Lipinski definition) is 2. The summed E-state index contributed by atoms with van der Waals surface area (Å²) in [6.45, 7) is 3.45. The minimum atomic E-state index is -0.214. The van der Waals surface area contributed by atoms with E-state index in [1.807, 2.05) is 48.0 Å². The Bertz CT molecular complexity index is 833. The first-order chi connectivity index (χ1) is 10.2. The maximum Gasteiger partial charge on any atom is 0.247 e. The number of aryl methyl sites for hydroxylation is 1. The van der Waals surface area contributed by atoms with Crippen LogP contribution in [0.4, 0.5) is 5.69 Å². The number of imidazole rings is 1. The molecule has 2 aromatic carbocycles. The van der Waals surface area contributed by atoms with Crippen molar-refractivity contribution in [3.63, 3.8) is 0 Å². The predicted molar refractivity (Wildman–Crippen MR) is 85.0 cm³/mol. The van der Waals surface area contributed by atoms with E-state index in [1.54, 1.807) is 6.33 Å². The summed E-state index contributed by atoms with van der Waals surface area (Å²) in [7, 11) is 1.97. The van der Waals surface area contributed by atoms with Gasteiger partial charge in [0, 0.05) is 12.7 Å². The molecule has 0 saturated heterocycles. The second kappa shape index (κ2) is 5.25. The molecule has 1 amide bonds. The first-order valence-electron chi connectivity index (χ1n) is 6.62. The largest absolute Gasteiger partial charge is 0.334 e. The fourth-order valence-electron chi connectivity index (χ4n) is 2.28. The van der Waals surface area contributed by atoms with E-state index in [1.165, 1.54) is 6.08 Å². The van der Waals surface area contributed by atoms with Gasteiger partial charge in [-0.3, -0.25) is 4.79 Å². The fraction of sp³-hybridized carbons (Fsp3) is 0.0588.